The van der Waals surface area contributed by atoms with Gasteiger partial charge in [-0.15, -0.1) is 0 Å². The van der Waals surface area contributed by atoms with Crippen LogP contribution >= 0.6 is 0 Å². The Bertz CT molecular complexity index is 542. The van der Waals surface area contributed by atoms with Crippen molar-refractivity contribution in [3.05, 3.63) is 34.9 Å². The van der Waals surface area contributed by atoms with Crippen molar-refractivity contribution in [1.29, 1.82) is 0 Å². The number of hydrogen-bond acceptors (Lipinski definition) is 4. The SMILES string of the molecule is COc1cc(OC)c2c(=O)occc2c1. The van der Waals surface area contributed by atoms with Gasteiger partial charge in [-0.3, -0.25) is 0 Å². The fourth-order valence-electron chi connectivity index (χ4n) is 1.47. The topological polar surface area (TPSA) is 48.7 Å². The number of ether oxygens (including phenoxy) is 2. The van der Waals surface area contributed by atoms with Gasteiger partial charge in [0.25, 0.3) is 0 Å². The molecule has 4 heteroatoms. The lowest BCUT2D eigenvalue weighted by Gasteiger charge is -2.06. The van der Waals surface area contributed by atoms with Crippen molar-refractivity contribution in [1.82, 2.24) is 0 Å². The Morgan fingerprint density at radius 2 is 2.00 bits per heavy atom. The average molecular weight is 206 g/mol. The van der Waals surface area contributed by atoms with Gasteiger partial charge in [-0.25, -0.2) is 4.79 Å². The van der Waals surface area contributed by atoms with Crippen LogP contribution in [0.4, 0.5) is 0 Å². The Hall–Kier alpha value is -1.97. The standard InChI is InChI=1S/C11H10O4/c1-13-8-5-7-3-4-15-11(12)10(7)9(6-8)14-2/h3-6H,1-2H3. The molecule has 78 valence electrons. The molecule has 0 spiro atoms. The second-order valence-electron chi connectivity index (χ2n) is 3.00. The Labute approximate surface area is 86.0 Å². The zero-order valence-corrected chi connectivity index (χ0v) is 8.44. The van der Waals surface area contributed by atoms with Crippen LogP contribution in [0, 0.1) is 0 Å². The molecule has 0 unspecified atom stereocenters. The lowest BCUT2D eigenvalue weighted by molar-refractivity contribution is 0.396. The molecule has 2 rings (SSSR count). The Morgan fingerprint density at radius 3 is 2.67 bits per heavy atom. The van der Waals surface area contributed by atoms with E-state index < -0.39 is 5.63 Å². The summed E-state index contributed by atoms with van der Waals surface area (Å²) in [6.07, 6.45) is 1.35. The van der Waals surface area contributed by atoms with Crippen LogP contribution in [-0.4, -0.2) is 14.2 Å². The molecule has 0 aliphatic heterocycles. The molecule has 0 aliphatic carbocycles. The number of hydrogen-bond donors (Lipinski definition) is 0. The molecule has 1 aromatic heterocycles. The van der Waals surface area contributed by atoms with E-state index in [2.05, 4.69) is 0 Å². The van der Waals surface area contributed by atoms with Crippen LogP contribution < -0.4 is 15.1 Å². The second-order valence-corrected chi connectivity index (χ2v) is 3.00. The molecule has 0 N–H and O–H groups in total. The van der Waals surface area contributed by atoms with Crippen molar-refractivity contribution in [2.45, 2.75) is 0 Å². The summed E-state index contributed by atoms with van der Waals surface area (Å²) in [7, 11) is 3.06. The summed E-state index contributed by atoms with van der Waals surface area (Å²) >= 11 is 0. The molecule has 0 amide bonds. The van der Waals surface area contributed by atoms with Gasteiger partial charge in [-0.1, -0.05) is 0 Å². The minimum Gasteiger partial charge on any atom is -0.497 e. The summed E-state index contributed by atoms with van der Waals surface area (Å²) in [6.45, 7) is 0. The van der Waals surface area contributed by atoms with E-state index in [4.69, 9.17) is 13.9 Å². The van der Waals surface area contributed by atoms with Crippen molar-refractivity contribution >= 4 is 10.8 Å². The lowest BCUT2D eigenvalue weighted by atomic mass is 10.1. The first-order valence-electron chi connectivity index (χ1n) is 4.40. The summed E-state index contributed by atoms with van der Waals surface area (Å²) < 4.78 is 15.0. The Balaban J connectivity index is 2.87. The molecular formula is C11H10O4. The number of methoxy groups -OCH3 is 2. The average Bonchev–Trinajstić information content (AvgIpc) is 2.27. The molecule has 0 saturated carbocycles. The van der Waals surface area contributed by atoms with E-state index >= 15 is 0 Å². The minimum atomic E-state index is -0.410. The van der Waals surface area contributed by atoms with Gasteiger partial charge in [0, 0.05) is 6.07 Å². The molecule has 1 heterocycles. The number of rotatable bonds is 2. The fraction of sp³-hybridized carbons (Fsp3) is 0.182. The van der Waals surface area contributed by atoms with E-state index in [0.29, 0.717) is 16.9 Å². The third-order valence-electron chi connectivity index (χ3n) is 2.19. The van der Waals surface area contributed by atoms with Gasteiger partial charge in [-0.05, 0) is 17.5 Å². The highest BCUT2D eigenvalue weighted by atomic mass is 16.5. The molecule has 0 radical (unpaired) electrons. The van der Waals surface area contributed by atoms with Crippen LogP contribution in [0.3, 0.4) is 0 Å². The van der Waals surface area contributed by atoms with Gasteiger partial charge in [-0.2, -0.15) is 0 Å². The first-order chi connectivity index (χ1) is 7.26. The van der Waals surface area contributed by atoms with Gasteiger partial charge in [0.2, 0.25) is 0 Å². The molecular weight excluding hydrogens is 196 g/mol. The predicted octanol–water partition coefficient (Wildman–Crippen LogP) is 1.81. The third-order valence-corrected chi connectivity index (χ3v) is 2.19. The highest BCUT2D eigenvalue weighted by Crippen LogP contribution is 2.28. The van der Waals surface area contributed by atoms with Crippen LogP contribution in [0.25, 0.3) is 10.8 Å². The van der Waals surface area contributed by atoms with Gasteiger partial charge >= 0.3 is 5.63 Å². The summed E-state index contributed by atoms with van der Waals surface area (Å²) in [5, 5.41) is 1.17. The van der Waals surface area contributed by atoms with Crippen LogP contribution in [-0.2, 0) is 0 Å². The summed E-state index contributed by atoms with van der Waals surface area (Å²) in [5.74, 6) is 1.10. The fourth-order valence-corrected chi connectivity index (χ4v) is 1.47. The highest BCUT2D eigenvalue weighted by molar-refractivity contribution is 5.88. The van der Waals surface area contributed by atoms with Gasteiger partial charge in [0.15, 0.2) is 0 Å². The molecule has 15 heavy (non-hydrogen) atoms. The van der Waals surface area contributed by atoms with Crippen LogP contribution in [0.2, 0.25) is 0 Å². The molecule has 0 saturated heterocycles. The lowest BCUT2D eigenvalue weighted by Crippen LogP contribution is -2.01. The highest BCUT2D eigenvalue weighted by Gasteiger charge is 2.09. The van der Waals surface area contributed by atoms with Crippen LogP contribution in [0.15, 0.2) is 33.7 Å². The summed E-state index contributed by atoms with van der Waals surface area (Å²) in [4.78, 5) is 11.5. The van der Waals surface area contributed by atoms with Crippen molar-refractivity contribution in [3.8, 4) is 11.5 Å². The van der Waals surface area contributed by atoms with Crippen molar-refractivity contribution < 1.29 is 13.9 Å². The zero-order chi connectivity index (χ0) is 10.8. The molecule has 0 fully saturated rings. The molecule has 0 aliphatic rings. The van der Waals surface area contributed by atoms with Crippen molar-refractivity contribution in [3.63, 3.8) is 0 Å². The predicted molar refractivity (Wildman–Crippen MR) is 55.6 cm³/mol. The normalized spacial score (nSPS) is 10.3. The van der Waals surface area contributed by atoms with Crippen LogP contribution in [0.5, 0.6) is 11.5 Å². The van der Waals surface area contributed by atoms with Gasteiger partial charge in [0.05, 0.1) is 20.5 Å². The molecule has 0 atom stereocenters. The maximum absolute atomic E-state index is 11.5. The van der Waals surface area contributed by atoms with Gasteiger partial charge in [0.1, 0.15) is 16.9 Å². The summed E-state index contributed by atoms with van der Waals surface area (Å²) in [6, 6.07) is 5.11. The van der Waals surface area contributed by atoms with Crippen molar-refractivity contribution in [2.75, 3.05) is 14.2 Å². The molecule has 4 nitrogen and oxygen atoms in total. The van der Waals surface area contributed by atoms with E-state index in [-0.39, 0.29) is 0 Å². The maximum Gasteiger partial charge on any atom is 0.347 e. The molecule has 0 bridgehead atoms. The van der Waals surface area contributed by atoms with E-state index in [1.807, 2.05) is 0 Å². The largest absolute Gasteiger partial charge is 0.497 e. The Kier molecular flexibility index (Phi) is 2.33. The van der Waals surface area contributed by atoms with E-state index in [1.165, 1.54) is 13.4 Å². The Morgan fingerprint density at radius 1 is 1.20 bits per heavy atom. The quantitative estimate of drug-likeness (QED) is 0.751. The first-order valence-corrected chi connectivity index (χ1v) is 4.40. The van der Waals surface area contributed by atoms with E-state index in [9.17, 15) is 4.79 Å². The van der Waals surface area contributed by atoms with E-state index in [0.717, 1.165) is 5.39 Å². The smallest absolute Gasteiger partial charge is 0.347 e. The van der Waals surface area contributed by atoms with Crippen molar-refractivity contribution in [2.24, 2.45) is 0 Å². The summed E-state index contributed by atoms with van der Waals surface area (Å²) in [5.41, 5.74) is -0.410. The molecule has 2 aromatic rings. The third kappa shape index (κ3) is 1.54. The minimum absolute atomic E-state index is 0.410. The van der Waals surface area contributed by atoms with Gasteiger partial charge < -0.3 is 13.9 Å². The zero-order valence-electron chi connectivity index (χ0n) is 8.44. The first kappa shape index (κ1) is 9.58. The monoisotopic (exact) mass is 206 g/mol. The number of fused-ring (bicyclic) bond motifs is 1. The maximum atomic E-state index is 11.5. The van der Waals surface area contributed by atoms with E-state index in [1.54, 1.807) is 25.3 Å². The molecule has 1 aromatic carbocycles. The second kappa shape index (κ2) is 3.65. The number of benzene rings is 1. The van der Waals surface area contributed by atoms with Crippen LogP contribution in [0.1, 0.15) is 0 Å².